The largest absolute Gasteiger partial charge is 0.462 e. The fourth-order valence-corrected chi connectivity index (χ4v) is 1.43. The number of benzene rings is 1. The second-order valence-corrected chi connectivity index (χ2v) is 3.55. The number of carbonyl (C=O) groups is 2. The van der Waals surface area contributed by atoms with Crippen LogP contribution in [0.3, 0.4) is 0 Å². The van der Waals surface area contributed by atoms with Gasteiger partial charge in [-0.2, -0.15) is 0 Å². The Morgan fingerprint density at radius 2 is 2.27 bits per heavy atom. The number of ether oxygens (including phenoxy) is 1. The normalized spacial score (nSPS) is 9.80. The molecular formula is C10H8BrFO3. The van der Waals surface area contributed by atoms with Crippen molar-refractivity contribution in [1.82, 2.24) is 0 Å². The molecule has 15 heavy (non-hydrogen) atoms. The lowest BCUT2D eigenvalue weighted by molar-refractivity contribution is 0.0521. The maximum absolute atomic E-state index is 13.3. The minimum Gasteiger partial charge on any atom is -0.462 e. The van der Waals surface area contributed by atoms with Gasteiger partial charge in [-0.3, -0.25) is 4.79 Å². The second kappa shape index (κ2) is 5.02. The van der Waals surface area contributed by atoms with Crippen molar-refractivity contribution in [3.05, 3.63) is 33.5 Å². The van der Waals surface area contributed by atoms with Crippen molar-refractivity contribution in [3.8, 4) is 0 Å². The van der Waals surface area contributed by atoms with Crippen LogP contribution in [0.2, 0.25) is 0 Å². The summed E-state index contributed by atoms with van der Waals surface area (Å²) in [6, 6.07) is 2.22. The second-order valence-electron chi connectivity index (χ2n) is 2.69. The molecule has 0 spiro atoms. The summed E-state index contributed by atoms with van der Waals surface area (Å²) < 4.78 is 18.2. The molecule has 0 aliphatic rings. The molecule has 1 aromatic rings. The van der Waals surface area contributed by atoms with E-state index < -0.39 is 11.8 Å². The van der Waals surface area contributed by atoms with Crippen LogP contribution < -0.4 is 0 Å². The van der Waals surface area contributed by atoms with Crippen molar-refractivity contribution in [3.63, 3.8) is 0 Å². The molecule has 1 rings (SSSR count). The van der Waals surface area contributed by atoms with E-state index in [0.29, 0.717) is 10.8 Å². The first-order valence-corrected chi connectivity index (χ1v) is 5.00. The summed E-state index contributed by atoms with van der Waals surface area (Å²) in [5.41, 5.74) is -0.0263. The van der Waals surface area contributed by atoms with Crippen LogP contribution in [-0.4, -0.2) is 18.9 Å². The summed E-state index contributed by atoms with van der Waals surface area (Å²) in [5.74, 6) is -1.49. The Bertz CT molecular complexity index is 404. The Morgan fingerprint density at radius 1 is 1.60 bits per heavy atom. The fourth-order valence-electron chi connectivity index (χ4n) is 1.02. The van der Waals surface area contributed by atoms with E-state index >= 15 is 0 Å². The molecule has 80 valence electrons. The summed E-state index contributed by atoms with van der Waals surface area (Å²) in [6.45, 7) is 1.78. The van der Waals surface area contributed by atoms with Gasteiger partial charge in [0.05, 0.1) is 12.2 Å². The van der Waals surface area contributed by atoms with Gasteiger partial charge >= 0.3 is 5.97 Å². The van der Waals surface area contributed by atoms with Crippen LogP contribution in [0.15, 0.2) is 16.6 Å². The van der Waals surface area contributed by atoms with Crippen LogP contribution in [0.5, 0.6) is 0 Å². The molecular weight excluding hydrogens is 267 g/mol. The highest BCUT2D eigenvalue weighted by Gasteiger charge is 2.15. The summed E-state index contributed by atoms with van der Waals surface area (Å²) in [5, 5.41) is 0. The number of hydrogen-bond donors (Lipinski definition) is 0. The summed E-state index contributed by atoms with van der Waals surface area (Å²) in [7, 11) is 0. The Hall–Kier alpha value is -1.23. The molecule has 0 fully saturated rings. The van der Waals surface area contributed by atoms with Gasteiger partial charge in [-0.1, -0.05) is 0 Å². The number of aldehydes is 1. The number of carbonyl (C=O) groups excluding carboxylic acids is 2. The van der Waals surface area contributed by atoms with E-state index in [1.54, 1.807) is 6.92 Å². The predicted molar refractivity (Wildman–Crippen MR) is 55.4 cm³/mol. The maximum Gasteiger partial charge on any atom is 0.341 e. The molecule has 5 heteroatoms. The molecule has 0 bridgehead atoms. The Morgan fingerprint density at radius 3 is 2.80 bits per heavy atom. The Labute approximate surface area is 94.4 Å². The number of esters is 1. The molecule has 0 aliphatic heterocycles. The lowest BCUT2D eigenvalue weighted by Gasteiger charge is -2.04. The van der Waals surface area contributed by atoms with Gasteiger partial charge < -0.3 is 4.74 Å². The molecule has 0 N–H and O–H groups in total. The highest BCUT2D eigenvalue weighted by atomic mass is 79.9. The van der Waals surface area contributed by atoms with E-state index in [4.69, 9.17) is 0 Å². The molecule has 0 radical (unpaired) electrons. The molecule has 0 aromatic heterocycles. The van der Waals surface area contributed by atoms with Gasteiger partial charge in [0.15, 0.2) is 6.29 Å². The van der Waals surface area contributed by atoms with Gasteiger partial charge in [0.2, 0.25) is 0 Å². The Balaban J connectivity index is 3.18. The molecule has 0 aliphatic carbocycles. The highest BCUT2D eigenvalue weighted by molar-refractivity contribution is 9.10. The molecule has 3 nitrogen and oxygen atoms in total. The van der Waals surface area contributed by atoms with Gasteiger partial charge in [-0.15, -0.1) is 0 Å². The quantitative estimate of drug-likeness (QED) is 0.629. The van der Waals surface area contributed by atoms with Crippen LogP contribution >= 0.6 is 15.9 Å². The topological polar surface area (TPSA) is 43.4 Å². The number of rotatable bonds is 3. The standard InChI is InChI=1S/C10H8BrFO3/c1-2-15-10(14)7-3-6(5-13)8(11)4-9(7)12/h3-5H,2H2,1H3. The fraction of sp³-hybridized carbons (Fsp3) is 0.200. The van der Waals surface area contributed by atoms with Crippen LogP contribution in [0.4, 0.5) is 4.39 Å². The minimum absolute atomic E-state index is 0.157. The lowest BCUT2D eigenvalue weighted by Crippen LogP contribution is -2.08. The van der Waals surface area contributed by atoms with E-state index in [0.717, 1.165) is 12.1 Å². The predicted octanol–water partition coefficient (Wildman–Crippen LogP) is 2.58. The molecule has 0 saturated carbocycles. The zero-order chi connectivity index (χ0) is 11.4. The van der Waals surface area contributed by atoms with Crippen molar-refractivity contribution >= 4 is 28.2 Å². The molecule has 0 amide bonds. The average Bonchev–Trinajstić information content (AvgIpc) is 2.18. The van der Waals surface area contributed by atoms with Gasteiger partial charge in [0.1, 0.15) is 5.82 Å². The van der Waals surface area contributed by atoms with Gasteiger partial charge in [0.25, 0.3) is 0 Å². The van der Waals surface area contributed by atoms with Gasteiger partial charge in [-0.25, -0.2) is 9.18 Å². The van der Waals surface area contributed by atoms with Crippen molar-refractivity contribution in [2.45, 2.75) is 6.92 Å². The SMILES string of the molecule is CCOC(=O)c1cc(C=O)c(Br)cc1F. The van der Waals surface area contributed by atoms with E-state index in [1.165, 1.54) is 0 Å². The minimum atomic E-state index is -0.773. The third-order valence-electron chi connectivity index (χ3n) is 1.71. The first-order valence-electron chi connectivity index (χ1n) is 4.21. The first-order chi connectivity index (χ1) is 7.10. The van der Waals surface area contributed by atoms with Crippen molar-refractivity contribution in [1.29, 1.82) is 0 Å². The molecule has 0 saturated heterocycles. The summed E-state index contributed by atoms with van der Waals surface area (Å²) >= 11 is 3.01. The highest BCUT2D eigenvalue weighted by Crippen LogP contribution is 2.20. The van der Waals surface area contributed by atoms with Crippen molar-refractivity contribution in [2.75, 3.05) is 6.61 Å². The van der Waals surface area contributed by atoms with Crippen LogP contribution in [0.1, 0.15) is 27.6 Å². The zero-order valence-electron chi connectivity index (χ0n) is 7.92. The maximum atomic E-state index is 13.3. The van der Waals surface area contributed by atoms with Crippen LogP contribution in [-0.2, 0) is 4.74 Å². The third-order valence-corrected chi connectivity index (χ3v) is 2.40. The smallest absolute Gasteiger partial charge is 0.341 e. The van der Waals surface area contributed by atoms with Crippen molar-refractivity contribution < 1.29 is 18.7 Å². The Kier molecular flexibility index (Phi) is 3.96. The number of halogens is 2. The van der Waals surface area contributed by atoms with Crippen LogP contribution in [0, 0.1) is 5.82 Å². The van der Waals surface area contributed by atoms with E-state index in [-0.39, 0.29) is 17.7 Å². The van der Waals surface area contributed by atoms with E-state index in [1.807, 2.05) is 0 Å². The van der Waals surface area contributed by atoms with Gasteiger partial charge in [-0.05, 0) is 35.0 Å². The first kappa shape index (κ1) is 11.8. The third kappa shape index (κ3) is 2.62. The van der Waals surface area contributed by atoms with Gasteiger partial charge in [0, 0.05) is 10.0 Å². The van der Waals surface area contributed by atoms with Crippen molar-refractivity contribution in [2.24, 2.45) is 0 Å². The molecule has 1 aromatic carbocycles. The summed E-state index contributed by atoms with van der Waals surface area (Å²) in [4.78, 5) is 21.8. The number of hydrogen-bond acceptors (Lipinski definition) is 3. The zero-order valence-corrected chi connectivity index (χ0v) is 9.51. The monoisotopic (exact) mass is 274 g/mol. The summed E-state index contributed by atoms with van der Waals surface area (Å²) in [6.07, 6.45) is 0.534. The van der Waals surface area contributed by atoms with Crippen LogP contribution in [0.25, 0.3) is 0 Å². The molecule has 0 unspecified atom stereocenters. The van der Waals surface area contributed by atoms with E-state index in [2.05, 4.69) is 20.7 Å². The molecule has 0 atom stereocenters. The lowest BCUT2D eigenvalue weighted by atomic mass is 10.1. The molecule has 0 heterocycles. The van der Waals surface area contributed by atoms with E-state index in [9.17, 15) is 14.0 Å². The average molecular weight is 275 g/mol.